The second-order valence-corrected chi connectivity index (χ2v) is 11.0. The van der Waals surface area contributed by atoms with Gasteiger partial charge in [0.1, 0.15) is 12.4 Å². The van der Waals surface area contributed by atoms with Crippen molar-refractivity contribution in [3.8, 4) is 0 Å². The van der Waals surface area contributed by atoms with Crippen molar-refractivity contribution in [2.75, 3.05) is 6.67 Å². The molecule has 5 rings (SSSR count). The van der Waals surface area contributed by atoms with Gasteiger partial charge in [-0.2, -0.15) is 28.2 Å². The van der Waals surface area contributed by atoms with E-state index in [4.69, 9.17) is 5.73 Å². The highest BCUT2D eigenvalue weighted by Crippen LogP contribution is 2.45. The molecule has 2 amide bonds. The Labute approximate surface area is 236 Å². The minimum Gasteiger partial charge on any atom is -0.364 e. The number of nitrogens with zero attached hydrogens (tertiary/aromatic N) is 6. The molecule has 0 saturated heterocycles. The summed E-state index contributed by atoms with van der Waals surface area (Å²) in [7, 11) is 0. The largest absolute Gasteiger partial charge is 0.389 e. The van der Waals surface area contributed by atoms with Gasteiger partial charge in [0.15, 0.2) is 11.3 Å². The molecule has 0 unspecified atom stereocenters. The molecule has 2 aliphatic carbocycles. The maximum atomic E-state index is 14.0. The Morgan fingerprint density at radius 1 is 1.12 bits per heavy atom. The van der Waals surface area contributed by atoms with Gasteiger partial charge in [-0.3, -0.25) is 9.59 Å². The summed E-state index contributed by atoms with van der Waals surface area (Å²) in [6, 6.07) is 1.10. The molecule has 0 aromatic carbocycles. The number of aromatic nitrogens is 6. The van der Waals surface area contributed by atoms with Crippen LogP contribution >= 0.6 is 0 Å². The molecule has 42 heavy (non-hydrogen) atoms. The van der Waals surface area contributed by atoms with Crippen molar-refractivity contribution >= 4 is 17.5 Å². The summed E-state index contributed by atoms with van der Waals surface area (Å²) in [5.41, 5.74) is 6.72. The Morgan fingerprint density at radius 2 is 1.83 bits per heavy atom. The molecule has 3 heterocycles. The van der Waals surface area contributed by atoms with Gasteiger partial charge in [0.2, 0.25) is 11.8 Å². The van der Waals surface area contributed by atoms with Crippen molar-refractivity contribution in [1.82, 2.24) is 34.9 Å². The van der Waals surface area contributed by atoms with Crippen molar-refractivity contribution in [3.63, 3.8) is 0 Å². The quantitative estimate of drug-likeness (QED) is 0.316. The average molecular weight is 601 g/mol. The van der Waals surface area contributed by atoms with E-state index < -0.39 is 61.3 Å². The summed E-state index contributed by atoms with van der Waals surface area (Å²) < 4.78 is 80.4. The van der Waals surface area contributed by atoms with E-state index in [-0.39, 0.29) is 49.5 Å². The van der Waals surface area contributed by atoms with E-state index in [1.54, 1.807) is 12.3 Å². The molecule has 0 spiro atoms. The van der Waals surface area contributed by atoms with Gasteiger partial charge in [0.25, 0.3) is 5.91 Å². The van der Waals surface area contributed by atoms with Gasteiger partial charge < -0.3 is 11.1 Å². The number of alkyl halides is 6. The van der Waals surface area contributed by atoms with E-state index >= 15 is 0 Å². The minimum absolute atomic E-state index is 0.0406. The molecular weight excluding hydrogens is 570 g/mol. The molecule has 0 aliphatic heterocycles. The molecule has 228 valence electrons. The lowest BCUT2D eigenvalue weighted by Crippen LogP contribution is -2.30. The number of rotatable bonds is 11. The molecule has 2 fully saturated rings. The normalized spacial score (nSPS) is 19.1. The van der Waals surface area contributed by atoms with Gasteiger partial charge in [0.05, 0.1) is 43.0 Å². The highest BCUT2D eigenvalue weighted by molar-refractivity contribution is 5.92. The van der Waals surface area contributed by atoms with Crippen molar-refractivity contribution in [3.05, 3.63) is 41.1 Å². The standard InChI is InChI=1S/C26H30F6N8O2/c27-9-10-40-37-22(23(38-40)24(33)42)20(14-3-6-25(28,29)7-4-14)17-13-39-18(35-17)11-16(12-34-39)21(15-1-2-15)36-19(41)5-8-26(30,31)32/h11-15,20-21H,1-10H2,(H2,33,42)(H,36,41)/t20-,21+/m0/s1. The molecule has 16 heteroatoms. The van der Waals surface area contributed by atoms with Crippen LogP contribution in [0.1, 0.15) is 90.8 Å². The number of halogens is 6. The topological polar surface area (TPSA) is 133 Å². The van der Waals surface area contributed by atoms with Crippen LogP contribution in [0.5, 0.6) is 0 Å². The Kier molecular flexibility index (Phi) is 8.16. The molecule has 3 aromatic rings. The number of aryl methyl sites for hydroxylation is 1. The molecule has 2 atom stereocenters. The van der Waals surface area contributed by atoms with Gasteiger partial charge in [-0.15, -0.1) is 5.10 Å². The molecular formula is C26H30F6N8O2. The monoisotopic (exact) mass is 600 g/mol. The zero-order valence-corrected chi connectivity index (χ0v) is 22.5. The first-order chi connectivity index (χ1) is 19.8. The molecule has 0 bridgehead atoms. The van der Waals surface area contributed by atoms with Crippen LogP contribution in [0.3, 0.4) is 0 Å². The lowest BCUT2D eigenvalue weighted by atomic mass is 9.75. The van der Waals surface area contributed by atoms with E-state index in [1.807, 2.05) is 0 Å². The Morgan fingerprint density at radius 3 is 2.45 bits per heavy atom. The number of carbonyl (C=O) groups is 2. The summed E-state index contributed by atoms with van der Waals surface area (Å²) in [4.78, 5) is 30.2. The van der Waals surface area contributed by atoms with Crippen LogP contribution in [-0.2, 0) is 11.3 Å². The summed E-state index contributed by atoms with van der Waals surface area (Å²) in [6.07, 6.45) is -2.26. The fourth-order valence-corrected chi connectivity index (χ4v) is 5.56. The van der Waals surface area contributed by atoms with Crippen molar-refractivity contribution in [2.24, 2.45) is 17.6 Å². The zero-order valence-electron chi connectivity index (χ0n) is 22.5. The van der Waals surface area contributed by atoms with Gasteiger partial charge in [-0.05, 0) is 49.1 Å². The predicted molar refractivity (Wildman–Crippen MR) is 135 cm³/mol. The summed E-state index contributed by atoms with van der Waals surface area (Å²) in [5.74, 6) is -5.59. The number of nitrogens with two attached hydrogens (primary N) is 1. The predicted octanol–water partition coefficient (Wildman–Crippen LogP) is 4.26. The zero-order chi connectivity index (χ0) is 30.2. The van der Waals surface area contributed by atoms with Crippen LogP contribution < -0.4 is 11.1 Å². The first-order valence-electron chi connectivity index (χ1n) is 13.7. The molecule has 0 radical (unpaired) electrons. The summed E-state index contributed by atoms with van der Waals surface area (Å²) >= 11 is 0. The average Bonchev–Trinajstić information content (AvgIpc) is 3.54. The highest BCUT2D eigenvalue weighted by atomic mass is 19.4. The van der Waals surface area contributed by atoms with Crippen LogP contribution in [0.2, 0.25) is 0 Å². The SMILES string of the molecule is NC(=O)c1nn(CCF)nc1[C@H](c1cn2ncc([C@H](NC(=O)CCC(F)(F)F)C3CC3)cc2n1)C1CCC(F)(F)CC1. The Balaban J connectivity index is 1.48. The number of fused-ring (bicyclic) bond motifs is 1. The van der Waals surface area contributed by atoms with Crippen LogP contribution in [0.15, 0.2) is 18.5 Å². The van der Waals surface area contributed by atoms with E-state index in [0.717, 1.165) is 17.6 Å². The van der Waals surface area contributed by atoms with Crippen LogP contribution in [0.25, 0.3) is 5.65 Å². The number of primary amides is 1. The van der Waals surface area contributed by atoms with Crippen molar-refractivity contribution in [1.29, 1.82) is 0 Å². The van der Waals surface area contributed by atoms with Gasteiger partial charge in [-0.1, -0.05) is 0 Å². The number of hydrogen-bond acceptors (Lipinski definition) is 6. The first-order valence-corrected chi connectivity index (χ1v) is 13.7. The molecule has 2 saturated carbocycles. The third-order valence-electron chi connectivity index (χ3n) is 7.81. The van der Waals surface area contributed by atoms with Gasteiger partial charge in [-0.25, -0.2) is 22.7 Å². The van der Waals surface area contributed by atoms with E-state index in [2.05, 4.69) is 25.6 Å². The van der Waals surface area contributed by atoms with Crippen LogP contribution in [0.4, 0.5) is 26.3 Å². The number of nitrogens with one attached hydrogen (secondary N) is 1. The van der Waals surface area contributed by atoms with Crippen LogP contribution in [-0.4, -0.2) is 60.2 Å². The highest BCUT2D eigenvalue weighted by Gasteiger charge is 2.42. The summed E-state index contributed by atoms with van der Waals surface area (Å²) in [5, 5.41) is 15.4. The fourth-order valence-electron chi connectivity index (χ4n) is 5.56. The maximum absolute atomic E-state index is 14.0. The third kappa shape index (κ3) is 6.84. The lowest BCUT2D eigenvalue weighted by Gasteiger charge is -2.32. The maximum Gasteiger partial charge on any atom is 0.389 e. The van der Waals surface area contributed by atoms with Gasteiger partial charge in [0, 0.05) is 19.3 Å². The second-order valence-electron chi connectivity index (χ2n) is 11.0. The number of carbonyl (C=O) groups excluding carboxylic acids is 2. The fraction of sp³-hybridized carbons (Fsp3) is 0.615. The smallest absolute Gasteiger partial charge is 0.364 e. The van der Waals surface area contributed by atoms with E-state index in [1.165, 1.54) is 10.7 Å². The van der Waals surface area contributed by atoms with E-state index in [9.17, 15) is 35.9 Å². The number of amides is 2. The lowest BCUT2D eigenvalue weighted by molar-refractivity contribution is -0.144. The second kappa shape index (κ2) is 11.5. The number of imidazole rings is 1. The Bertz CT molecular complexity index is 1440. The molecule has 3 aromatic heterocycles. The number of hydrogen-bond donors (Lipinski definition) is 2. The summed E-state index contributed by atoms with van der Waals surface area (Å²) in [6.45, 7) is -1.04. The first kappa shape index (κ1) is 29.8. The van der Waals surface area contributed by atoms with Crippen molar-refractivity contribution < 1.29 is 35.9 Å². The van der Waals surface area contributed by atoms with E-state index in [0.29, 0.717) is 16.9 Å². The third-order valence-corrected chi connectivity index (χ3v) is 7.81. The molecule has 2 aliphatic rings. The molecule has 10 nitrogen and oxygen atoms in total. The van der Waals surface area contributed by atoms with Gasteiger partial charge >= 0.3 is 6.18 Å². The van der Waals surface area contributed by atoms with Crippen molar-refractivity contribution in [2.45, 2.75) is 82.0 Å². The minimum atomic E-state index is -4.45. The van der Waals surface area contributed by atoms with Crippen LogP contribution in [0, 0.1) is 11.8 Å². The molecule has 3 N–H and O–H groups in total. The Hall–Kier alpha value is -3.72.